The van der Waals surface area contributed by atoms with Crippen molar-refractivity contribution in [1.82, 2.24) is 31.1 Å². The van der Waals surface area contributed by atoms with Crippen LogP contribution in [0.2, 0.25) is 0 Å². The van der Waals surface area contributed by atoms with Crippen LogP contribution in [0.5, 0.6) is 0 Å². The quantitative estimate of drug-likeness (QED) is 0.0896. The molecule has 19 nitrogen and oxygen atoms in total. The Kier molecular flexibility index (Phi) is 23.2. The Bertz CT molecular complexity index is 2240. The van der Waals surface area contributed by atoms with Gasteiger partial charge in [0.15, 0.2) is 23.1 Å². The number of hydrogen-bond acceptors (Lipinski definition) is 15. The zero-order valence-corrected chi connectivity index (χ0v) is 45.3. The third-order valence-electron chi connectivity index (χ3n) is 15.0. The van der Waals surface area contributed by atoms with Crippen LogP contribution in [-0.2, 0) is 74.9 Å². The van der Waals surface area contributed by atoms with E-state index in [1.54, 1.807) is 27.7 Å². The second-order valence-corrected chi connectivity index (χ2v) is 21.6. The predicted molar refractivity (Wildman–Crippen MR) is 282 cm³/mol. The van der Waals surface area contributed by atoms with Gasteiger partial charge in [0.2, 0.25) is 23.6 Å². The Morgan fingerprint density at radius 3 is 1.38 bits per heavy atom. The number of morpholine rings is 2. The van der Waals surface area contributed by atoms with E-state index in [-0.39, 0.29) is 73.4 Å². The molecule has 0 unspecified atom stereocenters. The molecule has 7 rings (SSSR count). The Labute approximate surface area is 447 Å². The third kappa shape index (κ3) is 19.3. The Balaban J connectivity index is 0.000000248. The molecule has 4 heterocycles. The third-order valence-corrected chi connectivity index (χ3v) is 15.0. The van der Waals surface area contributed by atoms with Gasteiger partial charge in [-0.25, -0.2) is 0 Å². The summed E-state index contributed by atoms with van der Waals surface area (Å²) in [5.41, 5.74) is 0.0671. The maximum atomic E-state index is 13.8. The van der Waals surface area contributed by atoms with Crippen molar-refractivity contribution in [3.8, 4) is 0 Å². The van der Waals surface area contributed by atoms with Gasteiger partial charge in [0.05, 0.1) is 89.4 Å². The molecule has 2 aromatic rings. The summed E-state index contributed by atoms with van der Waals surface area (Å²) in [6, 6.07) is 16.0. The fourth-order valence-corrected chi connectivity index (χ4v) is 9.97. The lowest BCUT2D eigenvalue weighted by Crippen LogP contribution is -2.51. The lowest BCUT2D eigenvalue weighted by atomic mass is 9.80. The van der Waals surface area contributed by atoms with E-state index < -0.39 is 53.1 Å². The molecule has 0 aromatic heterocycles. The molecule has 4 amide bonds. The summed E-state index contributed by atoms with van der Waals surface area (Å²) in [5, 5.41) is 11.4. The highest BCUT2D eigenvalue weighted by Gasteiger charge is 2.51. The Hall–Kier alpha value is -5.28. The van der Waals surface area contributed by atoms with Crippen LogP contribution >= 0.6 is 0 Å². The topological polar surface area (TPSA) is 244 Å². The molecule has 2 aromatic carbocycles. The highest BCUT2D eigenvalue weighted by Crippen LogP contribution is 2.33. The van der Waals surface area contributed by atoms with Crippen molar-refractivity contribution in [2.24, 2.45) is 17.8 Å². The number of carbonyl (C=O) groups excluding carboxylic acids is 8. The second kappa shape index (κ2) is 29.5. The standard InChI is InChI=1S/C31H45N3O6.C26H37N3O7/c1-22(32-28(36)20-34-13-15-39-16-14-34)27(35)19-25(17-23-9-5-3-6-10-23)30(38)33-26(29(37)31(2)21-40-31)18-24-11-7-4-8-12-24;1-18(27-23(31)15-29-9-11-35-12-10-29)22(30)14-20(16-34-3)25(33)28-21(24(32)26(2)17-36-26)13-19-7-5-4-6-8-19/h4,7-8,11-12,22-23,25-26H,3,5-6,9-10,13-21H2,1-2H3,(H,32,36)(H,33,38);4-8,18,20-21H,9-17H2,1-3H3,(H,27,31)(H,28,33)/t22-,25+,26-,31+;18-,20-,21-,26+/m00/s1. The number of rotatable bonds is 28. The summed E-state index contributed by atoms with van der Waals surface area (Å²) in [7, 11) is 1.45. The summed E-state index contributed by atoms with van der Waals surface area (Å²) in [4.78, 5) is 108. The highest BCUT2D eigenvalue weighted by molar-refractivity contribution is 5.99. The van der Waals surface area contributed by atoms with Crippen LogP contribution in [0.3, 0.4) is 0 Å². The van der Waals surface area contributed by atoms with Crippen molar-refractivity contribution in [3.05, 3.63) is 71.8 Å². The number of Topliss-reactive ketones (excluding diaryl/α,β-unsaturated/α-hetero) is 4. The second-order valence-electron chi connectivity index (χ2n) is 21.6. The van der Waals surface area contributed by atoms with E-state index in [9.17, 15) is 38.4 Å². The van der Waals surface area contributed by atoms with E-state index in [1.165, 1.54) is 13.5 Å². The summed E-state index contributed by atoms with van der Waals surface area (Å²) < 4.78 is 26.6. The van der Waals surface area contributed by atoms with E-state index in [4.69, 9.17) is 23.7 Å². The monoisotopic (exact) mass is 1060 g/mol. The Morgan fingerprint density at radius 2 is 0.987 bits per heavy atom. The molecule has 1 aliphatic carbocycles. The zero-order valence-electron chi connectivity index (χ0n) is 45.3. The maximum absolute atomic E-state index is 13.8. The zero-order chi connectivity index (χ0) is 54.7. The number of benzene rings is 2. The van der Waals surface area contributed by atoms with Gasteiger partial charge in [-0.3, -0.25) is 48.2 Å². The highest BCUT2D eigenvalue weighted by atomic mass is 16.6. The average molecular weight is 1060 g/mol. The van der Waals surface area contributed by atoms with Gasteiger partial charge in [0, 0.05) is 52.0 Å². The van der Waals surface area contributed by atoms with Crippen molar-refractivity contribution in [3.63, 3.8) is 0 Å². The minimum Gasteiger partial charge on any atom is -0.384 e. The van der Waals surface area contributed by atoms with Gasteiger partial charge >= 0.3 is 0 Å². The molecule has 5 aliphatic rings. The van der Waals surface area contributed by atoms with Crippen molar-refractivity contribution in [2.45, 2.75) is 127 Å². The minimum absolute atomic E-state index is 0.00598. The van der Waals surface area contributed by atoms with E-state index in [1.807, 2.05) is 70.5 Å². The molecular weight excluding hydrogens is 977 g/mol. The molecule has 19 heteroatoms. The molecule has 0 spiro atoms. The average Bonchev–Trinajstić information content (AvgIpc) is 4.37. The minimum atomic E-state index is -0.904. The number of amides is 4. The molecule has 5 fully saturated rings. The lowest BCUT2D eigenvalue weighted by molar-refractivity contribution is -0.135. The number of carbonyl (C=O) groups is 8. The molecule has 418 valence electrons. The number of hydrogen-bond donors (Lipinski definition) is 4. The number of methoxy groups -OCH3 is 1. The van der Waals surface area contributed by atoms with Crippen LogP contribution in [0.15, 0.2) is 60.7 Å². The largest absolute Gasteiger partial charge is 0.384 e. The summed E-state index contributed by atoms with van der Waals surface area (Å²) >= 11 is 0. The molecule has 0 bridgehead atoms. The fourth-order valence-electron chi connectivity index (χ4n) is 9.97. The Morgan fingerprint density at radius 1 is 0.592 bits per heavy atom. The lowest BCUT2D eigenvalue weighted by Gasteiger charge is -2.29. The normalized spacial score (nSPS) is 23.1. The van der Waals surface area contributed by atoms with Crippen LogP contribution in [0.1, 0.15) is 90.2 Å². The SMILES string of the molecule is COC[C@H](CC(=O)[C@H](C)NC(=O)CN1CCOCC1)C(=O)N[C@@H](Cc1ccccc1)C(=O)[C@@]1(C)CO1.C[C@H](NC(=O)CN1CCOCC1)C(=O)C[C@@H](CC1CCCCC1)C(=O)N[C@@H](Cc1ccccc1)C(=O)[C@@]1(C)CO1. The van der Waals surface area contributed by atoms with E-state index in [0.29, 0.717) is 91.0 Å². The van der Waals surface area contributed by atoms with Gasteiger partial charge in [-0.05, 0) is 64.0 Å². The summed E-state index contributed by atoms with van der Waals surface area (Å²) in [6.07, 6.45) is 6.73. The van der Waals surface area contributed by atoms with Crippen LogP contribution < -0.4 is 21.3 Å². The first-order valence-corrected chi connectivity index (χ1v) is 27.2. The molecule has 0 radical (unpaired) electrons. The first-order valence-electron chi connectivity index (χ1n) is 27.2. The van der Waals surface area contributed by atoms with Gasteiger partial charge in [0.1, 0.15) is 11.2 Å². The molecule has 76 heavy (non-hydrogen) atoms. The fraction of sp³-hybridized carbons (Fsp3) is 0.649. The van der Waals surface area contributed by atoms with Crippen LogP contribution in [0.25, 0.3) is 0 Å². The van der Waals surface area contributed by atoms with Crippen LogP contribution in [-0.4, -0.2) is 185 Å². The molecule has 4 aliphatic heterocycles. The predicted octanol–water partition coefficient (Wildman–Crippen LogP) is 2.59. The van der Waals surface area contributed by atoms with E-state index in [2.05, 4.69) is 21.3 Å². The van der Waals surface area contributed by atoms with Crippen molar-refractivity contribution in [1.29, 1.82) is 0 Å². The number of epoxide rings is 2. The van der Waals surface area contributed by atoms with E-state index >= 15 is 0 Å². The molecule has 8 atom stereocenters. The molecular formula is C57H82N6O13. The van der Waals surface area contributed by atoms with Gasteiger partial charge in [0.25, 0.3) is 0 Å². The molecule has 4 saturated heterocycles. The summed E-state index contributed by atoms with van der Waals surface area (Å²) in [6.45, 7) is 12.9. The number of nitrogens with zero attached hydrogens (tertiary/aromatic N) is 2. The van der Waals surface area contributed by atoms with Gasteiger partial charge in [-0.1, -0.05) is 92.8 Å². The maximum Gasteiger partial charge on any atom is 0.234 e. The smallest absolute Gasteiger partial charge is 0.234 e. The van der Waals surface area contributed by atoms with Crippen molar-refractivity contribution >= 4 is 46.8 Å². The van der Waals surface area contributed by atoms with Gasteiger partial charge in [-0.2, -0.15) is 0 Å². The number of nitrogens with one attached hydrogen (secondary N) is 4. The molecule has 1 saturated carbocycles. The van der Waals surface area contributed by atoms with Gasteiger partial charge < -0.3 is 45.0 Å². The summed E-state index contributed by atoms with van der Waals surface area (Å²) in [5.74, 6) is -2.98. The van der Waals surface area contributed by atoms with E-state index in [0.717, 1.165) is 36.8 Å². The van der Waals surface area contributed by atoms with Crippen molar-refractivity contribution in [2.75, 3.05) is 92.6 Å². The van der Waals surface area contributed by atoms with Gasteiger partial charge in [-0.15, -0.1) is 0 Å². The van der Waals surface area contributed by atoms with Crippen molar-refractivity contribution < 1.29 is 62.0 Å². The first kappa shape index (κ1) is 60.0. The number of ketones is 4. The van der Waals surface area contributed by atoms with Crippen LogP contribution in [0, 0.1) is 17.8 Å². The van der Waals surface area contributed by atoms with Crippen LogP contribution in [0.4, 0.5) is 0 Å². The molecule has 4 N–H and O–H groups in total. The first-order chi connectivity index (χ1) is 36.4. The number of ether oxygens (including phenoxy) is 5.